The van der Waals surface area contributed by atoms with Gasteiger partial charge in [-0.05, 0) is 36.8 Å². The first kappa shape index (κ1) is 14.8. The first-order chi connectivity index (χ1) is 10.2. The third-order valence-corrected chi connectivity index (χ3v) is 2.70. The Bertz CT molecular complexity index is 667. The van der Waals surface area contributed by atoms with Gasteiger partial charge in [0, 0.05) is 30.1 Å². The number of hydrogen-bond acceptors (Lipinski definition) is 3. The van der Waals surface area contributed by atoms with Gasteiger partial charge in [-0.2, -0.15) is 5.10 Å². The summed E-state index contributed by atoms with van der Waals surface area (Å²) in [4.78, 5) is 11.9. The van der Waals surface area contributed by atoms with E-state index in [1.807, 2.05) is 25.1 Å². The van der Waals surface area contributed by atoms with E-state index < -0.39 is 0 Å². The quantitative estimate of drug-likeness (QED) is 0.837. The highest BCUT2D eigenvalue weighted by molar-refractivity contribution is 5.90. The molecule has 21 heavy (non-hydrogen) atoms. The van der Waals surface area contributed by atoms with E-state index in [0.717, 1.165) is 11.1 Å². The zero-order chi connectivity index (χ0) is 15.1. The van der Waals surface area contributed by atoms with Crippen LogP contribution in [0.4, 0.5) is 5.69 Å². The van der Waals surface area contributed by atoms with E-state index >= 15 is 0 Å². The lowest BCUT2D eigenvalue weighted by Gasteiger charge is -2.07. The number of nitrogens with one attached hydrogen (secondary N) is 1. The highest BCUT2D eigenvalue weighted by Gasteiger charge is 2.04. The first-order valence-electron chi connectivity index (χ1n) is 6.66. The predicted octanol–water partition coefficient (Wildman–Crippen LogP) is 1.56. The smallest absolute Gasteiger partial charge is 0.246 e. The fourth-order valence-corrected chi connectivity index (χ4v) is 1.89. The van der Waals surface area contributed by atoms with Gasteiger partial charge < -0.3 is 10.4 Å². The number of rotatable bonds is 4. The average molecular weight is 283 g/mol. The summed E-state index contributed by atoms with van der Waals surface area (Å²) >= 11 is 0. The summed E-state index contributed by atoms with van der Waals surface area (Å²) in [6, 6.07) is 7.42. The summed E-state index contributed by atoms with van der Waals surface area (Å²) in [6.07, 6.45) is 3.81. The van der Waals surface area contributed by atoms with Crippen LogP contribution in [0, 0.1) is 18.8 Å². The van der Waals surface area contributed by atoms with Crippen LogP contribution in [0.15, 0.2) is 36.7 Å². The van der Waals surface area contributed by atoms with Crippen LogP contribution in [0.3, 0.4) is 0 Å². The van der Waals surface area contributed by atoms with Gasteiger partial charge >= 0.3 is 0 Å². The van der Waals surface area contributed by atoms with E-state index in [2.05, 4.69) is 22.3 Å². The van der Waals surface area contributed by atoms with Crippen molar-refractivity contribution in [3.8, 4) is 11.8 Å². The summed E-state index contributed by atoms with van der Waals surface area (Å²) in [6.45, 7) is 2.17. The van der Waals surface area contributed by atoms with E-state index in [0.29, 0.717) is 12.1 Å². The molecule has 1 amide bonds. The third-order valence-electron chi connectivity index (χ3n) is 2.70. The predicted molar refractivity (Wildman–Crippen MR) is 80.6 cm³/mol. The van der Waals surface area contributed by atoms with Crippen LogP contribution in [0.5, 0.6) is 0 Å². The summed E-state index contributed by atoms with van der Waals surface area (Å²) in [7, 11) is 0. The molecule has 108 valence electrons. The molecule has 0 bridgehead atoms. The fourth-order valence-electron chi connectivity index (χ4n) is 1.89. The molecule has 0 fully saturated rings. The fraction of sp³-hybridized carbons (Fsp3) is 0.250. The van der Waals surface area contributed by atoms with Gasteiger partial charge in [0.1, 0.15) is 6.54 Å². The van der Waals surface area contributed by atoms with Crippen molar-refractivity contribution in [3.05, 3.63) is 47.8 Å². The second-order valence-electron chi connectivity index (χ2n) is 4.61. The summed E-state index contributed by atoms with van der Waals surface area (Å²) in [5.74, 6) is 5.70. The molecule has 0 radical (unpaired) electrons. The van der Waals surface area contributed by atoms with Gasteiger partial charge in [-0.15, -0.1) is 0 Å². The molecule has 5 nitrogen and oxygen atoms in total. The maximum absolute atomic E-state index is 11.9. The number of amides is 1. The molecule has 2 rings (SSSR count). The molecule has 1 aromatic carbocycles. The lowest BCUT2D eigenvalue weighted by molar-refractivity contribution is -0.116. The zero-order valence-corrected chi connectivity index (χ0v) is 11.8. The summed E-state index contributed by atoms with van der Waals surface area (Å²) < 4.78 is 1.56. The Kier molecular flexibility index (Phi) is 5.13. The van der Waals surface area contributed by atoms with Crippen LogP contribution in [0.2, 0.25) is 0 Å². The lowest BCUT2D eigenvalue weighted by Crippen LogP contribution is -2.19. The van der Waals surface area contributed by atoms with E-state index in [1.54, 1.807) is 23.1 Å². The molecule has 2 N–H and O–H groups in total. The SMILES string of the molecule is Cc1cc(C#CCCO)cc(NC(=O)Cn2cccn2)c1. The van der Waals surface area contributed by atoms with E-state index in [4.69, 9.17) is 5.11 Å². The Balaban J connectivity index is 2.06. The lowest BCUT2D eigenvalue weighted by atomic mass is 10.1. The van der Waals surface area contributed by atoms with Crippen LogP contribution in [-0.2, 0) is 11.3 Å². The van der Waals surface area contributed by atoms with Gasteiger partial charge in [-0.3, -0.25) is 9.48 Å². The average Bonchev–Trinajstić information content (AvgIpc) is 2.91. The number of aryl methyl sites for hydroxylation is 1. The highest BCUT2D eigenvalue weighted by atomic mass is 16.2. The van der Waals surface area contributed by atoms with Gasteiger partial charge in [0.05, 0.1) is 6.61 Å². The number of aliphatic hydroxyl groups excluding tert-OH is 1. The molecule has 2 aromatic rings. The van der Waals surface area contributed by atoms with E-state index in [9.17, 15) is 4.79 Å². The number of hydrogen-bond donors (Lipinski definition) is 2. The first-order valence-corrected chi connectivity index (χ1v) is 6.66. The molecule has 0 aliphatic carbocycles. The molecule has 0 unspecified atom stereocenters. The standard InChI is InChI=1S/C16H17N3O2/c1-13-9-14(5-2-3-8-20)11-15(10-13)18-16(21)12-19-7-4-6-17-19/h4,6-7,9-11,20H,3,8,12H2,1H3,(H,18,21). The van der Waals surface area contributed by atoms with Gasteiger partial charge in [0.2, 0.25) is 5.91 Å². The van der Waals surface area contributed by atoms with Crippen molar-refractivity contribution in [2.75, 3.05) is 11.9 Å². The van der Waals surface area contributed by atoms with Crippen LogP contribution >= 0.6 is 0 Å². The second-order valence-corrected chi connectivity index (χ2v) is 4.61. The number of benzene rings is 1. The highest BCUT2D eigenvalue weighted by Crippen LogP contribution is 2.14. The molecule has 0 saturated heterocycles. The van der Waals surface area contributed by atoms with E-state index in [1.165, 1.54) is 0 Å². The molecule has 0 aliphatic rings. The molecular weight excluding hydrogens is 266 g/mol. The van der Waals surface area contributed by atoms with Gasteiger partial charge in [0.25, 0.3) is 0 Å². The topological polar surface area (TPSA) is 67.2 Å². The second kappa shape index (κ2) is 7.27. The Hall–Kier alpha value is -2.58. The minimum Gasteiger partial charge on any atom is -0.395 e. The van der Waals surface area contributed by atoms with Gasteiger partial charge in [-0.25, -0.2) is 0 Å². The van der Waals surface area contributed by atoms with Crippen LogP contribution in [0.1, 0.15) is 17.5 Å². The molecule has 5 heteroatoms. The summed E-state index contributed by atoms with van der Waals surface area (Å²) in [5.41, 5.74) is 2.54. The van der Waals surface area contributed by atoms with Crippen molar-refractivity contribution >= 4 is 11.6 Å². The number of anilines is 1. The minimum absolute atomic E-state index is 0.0479. The summed E-state index contributed by atoms with van der Waals surface area (Å²) in [5, 5.41) is 15.6. The molecule has 0 spiro atoms. The molecule has 1 aromatic heterocycles. The Morgan fingerprint density at radius 2 is 2.29 bits per heavy atom. The van der Waals surface area contributed by atoms with Gasteiger partial charge in [-0.1, -0.05) is 11.8 Å². The maximum Gasteiger partial charge on any atom is 0.246 e. The monoisotopic (exact) mass is 283 g/mol. The number of carbonyl (C=O) groups excluding carboxylic acids is 1. The van der Waals surface area contributed by atoms with Crippen molar-refractivity contribution in [1.82, 2.24) is 9.78 Å². The Morgan fingerprint density at radius 3 is 3.00 bits per heavy atom. The molecule has 0 atom stereocenters. The number of carbonyl (C=O) groups is 1. The largest absolute Gasteiger partial charge is 0.395 e. The Labute approximate surface area is 123 Å². The Morgan fingerprint density at radius 1 is 1.43 bits per heavy atom. The zero-order valence-electron chi connectivity index (χ0n) is 11.8. The number of aliphatic hydroxyl groups is 1. The van der Waals surface area contributed by atoms with Crippen LogP contribution in [-0.4, -0.2) is 27.4 Å². The van der Waals surface area contributed by atoms with Crippen LogP contribution in [0.25, 0.3) is 0 Å². The molecule has 0 saturated carbocycles. The van der Waals surface area contributed by atoms with E-state index in [-0.39, 0.29) is 19.1 Å². The van der Waals surface area contributed by atoms with Crippen molar-refractivity contribution in [2.45, 2.75) is 19.9 Å². The minimum atomic E-state index is -0.140. The van der Waals surface area contributed by atoms with Crippen molar-refractivity contribution < 1.29 is 9.90 Å². The van der Waals surface area contributed by atoms with Gasteiger partial charge in [0.15, 0.2) is 0 Å². The van der Waals surface area contributed by atoms with Crippen LogP contribution < -0.4 is 5.32 Å². The van der Waals surface area contributed by atoms with Crippen molar-refractivity contribution in [2.24, 2.45) is 0 Å². The molecule has 1 heterocycles. The number of aromatic nitrogens is 2. The molecular formula is C16H17N3O2. The third kappa shape index (κ3) is 4.79. The molecule has 0 aliphatic heterocycles. The van der Waals surface area contributed by atoms with Crippen molar-refractivity contribution in [1.29, 1.82) is 0 Å². The van der Waals surface area contributed by atoms with Crippen molar-refractivity contribution in [3.63, 3.8) is 0 Å². The number of nitrogens with zero attached hydrogens (tertiary/aromatic N) is 2. The maximum atomic E-state index is 11.9. The normalized spacial score (nSPS) is 9.81.